The summed E-state index contributed by atoms with van der Waals surface area (Å²) >= 11 is 0. The highest BCUT2D eigenvalue weighted by Gasteiger charge is 2.33. The molecule has 2 N–H and O–H groups in total. The summed E-state index contributed by atoms with van der Waals surface area (Å²) < 4.78 is 5.65. The lowest BCUT2D eigenvalue weighted by atomic mass is 9.78. The largest absolute Gasteiger partial charge is 0.494 e. The van der Waals surface area contributed by atoms with Crippen molar-refractivity contribution in [1.29, 1.82) is 0 Å². The van der Waals surface area contributed by atoms with E-state index < -0.39 is 0 Å². The molecule has 2 aliphatic rings. The zero-order valence-electron chi connectivity index (χ0n) is 12.5. The van der Waals surface area contributed by atoms with Gasteiger partial charge in [0, 0.05) is 36.1 Å². The van der Waals surface area contributed by atoms with Crippen LogP contribution >= 0.6 is 0 Å². The minimum absolute atomic E-state index is 0.689. The van der Waals surface area contributed by atoms with Gasteiger partial charge in [0.1, 0.15) is 5.75 Å². The Morgan fingerprint density at radius 2 is 1.95 bits per heavy atom. The van der Waals surface area contributed by atoms with E-state index in [4.69, 9.17) is 10.5 Å². The summed E-state index contributed by atoms with van der Waals surface area (Å²) in [7, 11) is 0. The van der Waals surface area contributed by atoms with E-state index in [2.05, 4.69) is 17.0 Å². The molecule has 1 aliphatic carbocycles. The van der Waals surface area contributed by atoms with Gasteiger partial charge < -0.3 is 15.4 Å². The highest BCUT2D eigenvalue weighted by molar-refractivity contribution is 5.61. The Kier molecular flexibility index (Phi) is 4.04. The molecule has 3 nitrogen and oxygen atoms in total. The summed E-state index contributed by atoms with van der Waals surface area (Å²) in [5, 5.41) is 0. The van der Waals surface area contributed by atoms with Gasteiger partial charge in [-0.3, -0.25) is 0 Å². The Labute approximate surface area is 122 Å². The monoisotopic (exact) mass is 274 g/mol. The molecule has 0 bridgehead atoms. The minimum atomic E-state index is 0.689. The summed E-state index contributed by atoms with van der Waals surface area (Å²) in [6.07, 6.45) is 8.24. The molecule has 3 heteroatoms. The van der Waals surface area contributed by atoms with E-state index in [0.717, 1.165) is 23.9 Å². The molecule has 2 atom stereocenters. The lowest BCUT2D eigenvalue weighted by Crippen LogP contribution is -2.46. The number of nitrogens with two attached hydrogens (primary N) is 1. The van der Waals surface area contributed by atoms with Crippen molar-refractivity contribution < 1.29 is 4.74 Å². The first kappa shape index (κ1) is 13.6. The number of hydrogen-bond donors (Lipinski definition) is 1. The number of nitrogens with zero attached hydrogens (tertiary/aromatic N) is 1. The summed E-state index contributed by atoms with van der Waals surface area (Å²) in [4.78, 5) is 2.59. The normalized spacial score (nSPS) is 26.1. The van der Waals surface area contributed by atoms with Crippen molar-refractivity contribution in [3.8, 4) is 5.75 Å². The Morgan fingerprint density at radius 1 is 1.15 bits per heavy atom. The van der Waals surface area contributed by atoms with E-state index in [9.17, 15) is 0 Å². The highest BCUT2D eigenvalue weighted by atomic mass is 16.5. The van der Waals surface area contributed by atoms with Crippen molar-refractivity contribution in [2.24, 2.45) is 5.92 Å². The summed E-state index contributed by atoms with van der Waals surface area (Å²) in [5.74, 6) is 1.79. The lowest BCUT2D eigenvalue weighted by molar-refractivity contribution is 0.243. The predicted octanol–water partition coefficient (Wildman–Crippen LogP) is 3.83. The number of rotatable bonds is 3. The molecule has 0 amide bonds. The molecule has 110 valence electrons. The number of hydrogen-bond acceptors (Lipinski definition) is 3. The van der Waals surface area contributed by atoms with Gasteiger partial charge in [0.25, 0.3) is 0 Å². The first-order valence-electron chi connectivity index (χ1n) is 8.08. The smallest absolute Gasteiger partial charge is 0.123 e. The van der Waals surface area contributed by atoms with Crippen LogP contribution in [0, 0.1) is 5.92 Å². The van der Waals surface area contributed by atoms with Crippen molar-refractivity contribution in [3.05, 3.63) is 18.2 Å². The molecule has 1 saturated carbocycles. The summed E-state index contributed by atoms with van der Waals surface area (Å²) in [5.41, 5.74) is 8.12. The predicted molar refractivity (Wildman–Crippen MR) is 84.3 cm³/mol. The van der Waals surface area contributed by atoms with Crippen LogP contribution in [0.25, 0.3) is 0 Å². The SMILES string of the molecule is CCOc1cc(N)cc(N2CCCC3CCCCC32)c1. The maximum absolute atomic E-state index is 6.06. The molecule has 1 aromatic carbocycles. The minimum Gasteiger partial charge on any atom is -0.494 e. The standard InChI is InChI=1S/C17H26N2O/c1-2-20-16-11-14(18)10-15(12-16)19-9-5-7-13-6-3-4-8-17(13)19/h10-13,17H,2-9,18H2,1H3. The number of piperidine rings is 1. The fraction of sp³-hybridized carbons (Fsp3) is 0.647. The van der Waals surface area contributed by atoms with Gasteiger partial charge in [-0.05, 0) is 44.6 Å². The van der Waals surface area contributed by atoms with Gasteiger partial charge in [0.2, 0.25) is 0 Å². The van der Waals surface area contributed by atoms with E-state index in [0.29, 0.717) is 12.6 Å². The Hall–Kier alpha value is -1.38. The van der Waals surface area contributed by atoms with Crippen LogP contribution in [0.15, 0.2) is 18.2 Å². The topological polar surface area (TPSA) is 38.5 Å². The third-order valence-corrected chi connectivity index (χ3v) is 4.80. The van der Waals surface area contributed by atoms with Crippen molar-refractivity contribution in [2.45, 2.75) is 51.5 Å². The van der Waals surface area contributed by atoms with Gasteiger partial charge >= 0.3 is 0 Å². The Morgan fingerprint density at radius 3 is 2.80 bits per heavy atom. The van der Waals surface area contributed by atoms with Crippen LogP contribution < -0.4 is 15.4 Å². The Balaban J connectivity index is 1.86. The first-order valence-corrected chi connectivity index (χ1v) is 8.08. The maximum Gasteiger partial charge on any atom is 0.123 e. The van der Waals surface area contributed by atoms with E-state index in [1.54, 1.807) is 0 Å². The number of nitrogen functional groups attached to an aromatic ring is 1. The van der Waals surface area contributed by atoms with Crippen LogP contribution in [-0.2, 0) is 0 Å². The second kappa shape index (κ2) is 5.94. The first-order chi connectivity index (χ1) is 9.78. The zero-order chi connectivity index (χ0) is 13.9. The third kappa shape index (κ3) is 2.72. The van der Waals surface area contributed by atoms with Gasteiger partial charge in [0.15, 0.2) is 0 Å². The molecule has 0 radical (unpaired) electrons. The molecule has 2 unspecified atom stereocenters. The molecule has 0 spiro atoms. The van der Waals surface area contributed by atoms with E-state index >= 15 is 0 Å². The average Bonchev–Trinajstić information content (AvgIpc) is 2.46. The van der Waals surface area contributed by atoms with Crippen molar-refractivity contribution in [1.82, 2.24) is 0 Å². The van der Waals surface area contributed by atoms with Crippen molar-refractivity contribution >= 4 is 11.4 Å². The summed E-state index contributed by atoms with van der Waals surface area (Å²) in [6, 6.07) is 6.92. The van der Waals surface area contributed by atoms with Gasteiger partial charge in [-0.15, -0.1) is 0 Å². The second-order valence-electron chi connectivity index (χ2n) is 6.14. The number of benzene rings is 1. The molecule has 1 aromatic rings. The molecule has 2 fully saturated rings. The maximum atomic E-state index is 6.06. The van der Waals surface area contributed by atoms with Gasteiger partial charge in [-0.2, -0.15) is 0 Å². The molecular formula is C17H26N2O. The van der Waals surface area contributed by atoms with Crippen molar-refractivity contribution in [2.75, 3.05) is 23.8 Å². The highest BCUT2D eigenvalue weighted by Crippen LogP contribution is 2.39. The van der Waals surface area contributed by atoms with Crippen LogP contribution in [0.1, 0.15) is 45.4 Å². The summed E-state index contributed by atoms with van der Waals surface area (Å²) in [6.45, 7) is 3.87. The molecule has 0 aromatic heterocycles. The van der Waals surface area contributed by atoms with Crippen LogP contribution in [0.2, 0.25) is 0 Å². The van der Waals surface area contributed by atoms with Gasteiger partial charge in [0.05, 0.1) is 6.61 Å². The average molecular weight is 274 g/mol. The lowest BCUT2D eigenvalue weighted by Gasteiger charge is -2.45. The fourth-order valence-corrected chi connectivity index (χ4v) is 3.97. The molecule has 1 heterocycles. The molecule has 1 saturated heterocycles. The molecule has 3 rings (SSSR count). The molecule has 1 aliphatic heterocycles. The number of ether oxygens (including phenoxy) is 1. The van der Waals surface area contributed by atoms with E-state index in [1.807, 2.05) is 13.0 Å². The van der Waals surface area contributed by atoms with Crippen LogP contribution in [0.4, 0.5) is 11.4 Å². The Bertz CT molecular complexity index is 458. The third-order valence-electron chi connectivity index (χ3n) is 4.80. The number of anilines is 2. The van der Waals surface area contributed by atoms with Gasteiger partial charge in [-0.25, -0.2) is 0 Å². The molecular weight excluding hydrogens is 248 g/mol. The van der Waals surface area contributed by atoms with Crippen LogP contribution in [-0.4, -0.2) is 19.2 Å². The van der Waals surface area contributed by atoms with Crippen LogP contribution in [0.5, 0.6) is 5.75 Å². The van der Waals surface area contributed by atoms with Crippen LogP contribution in [0.3, 0.4) is 0 Å². The zero-order valence-corrected chi connectivity index (χ0v) is 12.5. The number of fused-ring (bicyclic) bond motifs is 1. The van der Waals surface area contributed by atoms with E-state index in [-0.39, 0.29) is 0 Å². The van der Waals surface area contributed by atoms with E-state index in [1.165, 1.54) is 44.2 Å². The molecule has 20 heavy (non-hydrogen) atoms. The second-order valence-corrected chi connectivity index (χ2v) is 6.14. The van der Waals surface area contributed by atoms with Gasteiger partial charge in [-0.1, -0.05) is 12.8 Å². The fourth-order valence-electron chi connectivity index (χ4n) is 3.97. The quantitative estimate of drug-likeness (QED) is 0.851. The van der Waals surface area contributed by atoms with Crippen molar-refractivity contribution in [3.63, 3.8) is 0 Å².